The molecule has 1 fully saturated rings. The first-order valence-electron chi connectivity index (χ1n) is 11.1. The summed E-state index contributed by atoms with van der Waals surface area (Å²) in [7, 11) is 0. The Morgan fingerprint density at radius 2 is 2.00 bits per heavy atom. The normalized spacial score (nSPS) is 15.5. The van der Waals surface area contributed by atoms with Crippen molar-refractivity contribution < 1.29 is 19.4 Å². The van der Waals surface area contributed by atoms with Crippen LogP contribution in [-0.4, -0.2) is 34.1 Å². The smallest absolute Gasteiger partial charge is 0.159 e. The molecule has 1 aliphatic rings. The van der Waals surface area contributed by atoms with Gasteiger partial charge in [-0.15, -0.1) is 0 Å². The zero-order chi connectivity index (χ0) is 22.8. The third-order valence-electron chi connectivity index (χ3n) is 6.31. The van der Waals surface area contributed by atoms with E-state index in [9.17, 15) is 9.90 Å². The van der Waals surface area contributed by atoms with Crippen molar-refractivity contribution in [3.63, 3.8) is 0 Å². The fourth-order valence-electron chi connectivity index (χ4n) is 4.38. The molecule has 168 valence electrons. The Hall–Kier alpha value is -3.48. The molecule has 1 aliphatic heterocycles. The maximum absolute atomic E-state index is 12.1. The number of nitrogens with one attached hydrogen (secondary N) is 1. The standard InChI is InChI=1S/C27H26N2O4/c1-18(30)20-12-21-13-23(5-6-24(21)25(14-20)26-15-28-17-29-26)33-16-19-3-2-4-22(11-19)27(31)7-9-32-10-8-27/h2-6,11-15,17,31H,7-10,16H2,1H3,(H,28,29). The molecule has 2 N–H and O–H groups in total. The highest BCUT2D eigenvalue weighted by Crippen LogP contribution is 2.34. The van der Waals surface area contributed by atoms with Crippen LogP contribution in [0.5, 0.6) is 5.75 Å². The molecule has 6 nitrogen and oxygen atoms in total. The molecule has 6 heteroatoms. The minimum Gasteiger partial charge on any atom is -0.489 e. The van der Waals surface area contributed by atoms with Crippen molar-refractivity contribution in [3.05, 3.63) is 83.8 Å². The highest BCUT2D eigenvalue weighted by atomic mass is 16.5. The molecule has 0 unspecified atom stereocenters. The maximum Gasteiger partial charge on any atom is 0.159 e. The Balaban J connectivity index is 1.41. The minimum absolute atomic E-state index is 0.00634. The summed E-state index contributed by atoms with van der Waals surface area (Å²) in [5, 5.41) is 12.9. The van der Waals surface area contributed by atoms with Gasteiger partial charge in [-0.2, -0.15) is 0 Å². The SMILES string of the molecule is CC(=O)c1cc(-c2cnc[nH]2)c2ccc(OCc3cccc(C4(O)CCOCC4)c3)cc2c1. The molecular weight excluding hydrogens is 416 g/mol. The maximum atomic E-state index is 12.1. The van der Waals surface area contributed by atoms with Gasteiger partial charge in [0, 0.05) is 37.2 Å². The van der Waals surface area contributed by atoms with Gasteiger partial charge in [0.15, 0.2) is 5.78 Å². The van der Waals surface area contributed by atoms with E-state index >= 15 is 0 Å². The zero-order valence-electron chi connectivity index (χ0n) is 18.5. The van der Waals surface area contributed by atoms with Crippen LogP contribution in [-0.2, 0) is 16.9 Å². The summed E-state index contributed by atoms with van der Waals surface area (Å²) in [4.78, 5) is 19.4. The number of aliphatic hydroxyl groups is 1. The summed E-state index contributed by atoms with van der Waals surface area (Å²) < 4.78 is 11.5. The number of ketones is 1. The van der Waals surface area contributed by atoms with Gasteiger partial charge in [-0.3, -0.25) is 4.79 Å². The van der Waals surface area contributed by atoms with E-state index < -0.39 is 5.60 Å². The average molecular weight is 443 g/mol. The Morgan fingerprint density at radius 3 is 2.76 bits per heavy atom. The first-order valence-corrected chi connectivity index (χ1v) is 11.1. The van der Waals surface area contributed by atoms with Crippen LogP contribution in [0.4, 0.5) is 0 Å². The average Bonchev–Trinajstić information content (AvgIpc) is 3.37. The Bertz CT molecular complexity index is 1290. The van der Waals surface area contributed by atoms with Crippen LogP contribution in [0, 0.1) is 0 Å². The first kappa shape index (κ1) is 21.4. The number of nitrogens with zero attached hydrogens (tertiary/aromatic N) is 1. The second-order valence-corrected chi connectivity index (χ2v) is 8.56. The highest BCUT2D eigenvalue weighted by molar-refractivity contribution is 6.04. The van der Waals surface area contributed by atoms with E-state index in [-0.39, 0.29) is 5.78 Å². The molecule has 1 aromatic heterocycles. The Kier molecular flexibility index (Phi) is 5.70. The number of hydrogen-bond acceptors (Lipinski definition) is 5. The number of carbonyl (C=O) groups is 1. The van der Waals surface area contributed by atoms with Crippen LogP contribution >= 0.6 is 0 Å². The zero-order valence-corrected chi connectivity index (χ0v) is 18.5. The molecule has 0 bridgehead atoms. The quantitative estimate of drug-likeness (QED) is 0.410. The van der Waals surface area contributed by atoms with E-state index in [1.165, 1.54) is 0 Å². The Labute approximate surface area is 192 Å². The molecule has 0 atom stereocenters. The fraction of sp³-hybridized carbons (Fsp3) is 0.259. The van der Waals surface area contributed by atoms with Crippen molar-refractivity contribution in [1.29, 1.82) is 0 Å². The van der Waals surface area contributed by atoms with E-state index in [1.807, 2.05) is 54.6 Å². The van der Waals surface area contributed by atoms with Crippen LogP contribution in [0.2, 0.25) is 0 Å². The second-order valence-electron chi connectivity index (χ2n) is 8.56. The van der Waals surface area contributed by atoms with Gasteiger partial charge in [0.05, 0.1) is 23.8 Å². The third-order valence-corrected chi connectivity index (χ3v) is 6.31. The topological polar surface area (TPSA) is 84.4 Å². The summed E-state index contributed by atoms with van der Waals surface area (Å²) in [6, 6.07) is 17.6. The molecule has 0 aliphatic carbocycles. The molecule has 0 radical (unpaired) electrons. The molecule has 4 aromatic rings. The van der Waals surface area contributed by atoms with Gasteiger partial charge >= 0.3 is 0 Å². The summed E-state index contributed by atoms with van der Waals surface area (Å²) >= 11 is 0. The van der Waals surface area contributed by atoms with Gasteiger partial charge in [-0.25, -0.2) is 4.98 Å². The number of Topliss-reactive ketones (excluding diaryl/α,β-unsaturated/α-hetero) is 1. The predicted octanol–water partition coefficient (Wildman–Crippen LogP) is 5.01. The molecular formula is C27H26N2O4. The monoisotopic (exact) mass is 442 g/mol. The molecule has 2 heterocycles. The summed E-state index contributed by atoms with van der Waals surface area (Å²) in [6.45, 7) is 3.08. The number of aromatic nitrogens is 2. The van der Waals surface area contributed by atoms with Gasteiger partial charge in [-0.05, 0) is 59.2 Å². The number of carbonyl (C=O) groups excluding carboxylic acids is 1. The van der Waals surface area contributed by atoms with Crippen LogP contribution in [0.3, 0.4) is 0 Å². The highest BCUT2D eigenvalue weighted by Gasteiger charge is 2.31. The summed E-state index contributed by atoms with van der Waals surface area (Å²) in [5.41, 5.74) is 3.48. The summed E-state index contributed by atoms with van der Waals surface area (Å²) in [6.07, 6.45) is 4.57. The second kappa shape index (κ2) is 8.81. The largest absolute Gasteiger partial charge is 0.489 e. The minimum atomic E-state index is -0.844. The first-order chi connectivity index (χ1) is 16.0. The number of H-pyrrole nitrogens is 1. The number of ether oxygens (including phenoxy) is 2. The van der Waals surface area contributed by atoms with E-state index in [4.69, 9.17) is 9.47 Å². The molecule has 0 amide bonds. The number of aromatic amines is 1. The van der Waals surface area contributed by atoms with E-state index in [1.54, 1.807) is 19.4 Å². The lowest BCUT2D eigenvalue weighted by atomic mass is 9.86. The van der Waals surface area contributed by atoms with E-state index in [0.29, 0.717) is 44.0 Å². The van der Waals surface area contributed by atoms with Crippen molar-refractivity contribution in [1.82, 2.24) is 9.97 Å². The van der Waals surface area contributed by atoms with Crippen molar-refractivity contribution in [2.24, 2.45) is 0 Å². The van der Waals surface area contributed by atoms with Gasteiger partial charge in [0.2, 0.25) is 0 Å². The van der Waals surface area contributed by atoms with Gasteiger partial charge < -0.3 is 19.6 Å². The van der Waals surface area contributed by atoms with E-state index in [2.05, 4.69) is 9.97 Å². The van der Waals surface area contributed by atoms with Gasteiger partial charge in [-0.1, -0.05) is 24.3 Å². The third kappa shape index (κ3) is 4.40. The lowest BCUT2D eigenvalue weighted by Gasteiger charge is -2.32. The lowest BCUT2D eigenvalue weighted by molar-refractivity contribution is -0.0679. The van der Waals surface area contributed by atoms with Crippen molar-refractivity contribution in [2.75, 3.05) is 13.2 Å². The number of hydrogen-bond donors (Lipinski definition) is 2. The Morgan fingerprint density at radius 1 is 1.15 bits per heavy atom. The van der Waals surface area contributed by atoms with Crippen LogP contribution in [0.1, 0.15) is 41.3 Å². The van der Waals surface area contributed by atoms with Gasteiger partial charge in [0.25, 0.3) is 0 Å². The van der Waals surface area contributed by atoms with Gasteiger partial charge in [0.1, 0.15) is 12.4 Å². The molecule has 5 rings (SSSR count). The predicted molar refractivity (Wildman–Crippen MR) is 126 cm³/mol. The summed E-state index contributed by atoms with van der Waals surface area (Å²) in [5.74, 6) is 0.723. The lowest BCUT2D eigenvalue weighted by Crippen LogP contribution is -2.33. The molecule has 0 saturated carbocycles. The molecule has 3 aromatic carbocycles. The van der Waals surface area contributed by atoms with Crippen LogP contribution in [0.25, 0.3) is 22.0 Å². The van der Waals surface area contributed by atoms with Crippen molar-refractivity contribution >= 4 is 16.6 Å². The number of benzene rings is 3. The molecule has 0 spiro atoms. The van der Waals surface area contributed by atoms with Crippen LogP contribution in [0.15, 0.2) is 67.1 Å². The molecule has 33 heavy (non-hydrogen) atoms. The number of fused-ring (bicyclic) bond motifs is 1. The molecule has 1 saturated heterocycles. The number of rotatable bonds is 6. The van der Waals surface area contributed by atoms with Crippen molar-refractivity contribution in [3.8, 4) is 17.0 Å². The van der Waals surface area contributed by atoms with E-state index in [0.717, 1.165) is 33.2 Å². The van der Waals surface area contributed by atoms with Crippen molar-refractivity contribution in [2.45, 2.75) is 32.0 Å². The van der Waals surface area contributed by atoms with Crippen LogP contribution < -0.4 is 4.74 Å². The number of imidazole rings is 1. The fourth-order valence-corrected chi connectivity index (χ4v) is 4.38.